The van der Waals surface area contributed by atoms with Crippen molar-refractivity contribution < 1.29 is 4.74 Å². The summed E-state index contributed by atoms with van der Waals surface area (Å²) < 4.78 is 5.59. The number of halogens is 2. The van der Waals surface area contributed by atoms with Gasteiger partial charge in [-0.05, 0) is 36.8 Å². The van der Waals surface area contributed by atoms with Crippen LogP contribution in [0.3, 0.4) is 0 Å². The molecule has 0 aromatic heterocycles. The molecule has 0 bridgehead atoms. The van der Waals surface area contributed by atoms with Crippen LogP contribution in [0.4, 0.5) is 5.69 Å². The highest BCUT2D eigenvalue weighted by Crippen LogP contribution is 2.31. The first-order valence-corrected chi connectivity index (χ1v) is 6.80. The van der Waals surface area contributed by atoms with Crippen molar-refractivity contribution in [3.05, 3.63) is 58.1 Å². The summed E-state index contributed by atoms with van der Waals surface area (Å²) in [6.45, 7) is 3.29. The largest absolute Gasteiger partial charge is 0.490 e. The van der Waals surface area contributed by atoms with Gasteiger partial charge in [0.2, 0.25) is 0 Å². The zero-order valence-electron chi connectivity index (χ0n) is 10.6. The van der Waals surface area contributed by atoms with Gasteiger partial charge < -0.3 is 10.1 Å². The average Bonchev–Trinajstić information content (AvgIpc) is 2.39. The van der Waals surface area contributed by atoms with Crippen LogP contribution in [0.5, 0.6) is 5.75 Å². The number of benzene rings is 2. The van der Waals surface area contributed by atoms with Gasteiger partial charge in [-0.3, -0.25) is 0 Å². The second-order valence-corrected chi connectivity index (χ2v) is 4.98. The molecule has 4 heteroatoms. The maximum absolute atomic E-state index is 6.03. The molecule has 1 N–H and O–H groups in total. The Kier molecular flexibility index (Phi) is 4.94. The lowest BCUT2D eigenvalue weighted by molar-refractivity contribution is 0.333. The van der Waals surface area contributed by atoms with Gasteiger partial charge in [-0.15, -0.1) is 0 Å². The van der Waals surface area contributed by atoms with Crippen molar-refractivity contribution in [1.29, 1.82) is 0 Å². The third-order valence-corrected chi connectivity index (χ3v) is 3.42. The molecule has 0 radical (unpaired) electrons. The van der Waals surface area contributed by atoms with Gasteiger partial charge in [0.1, 0.15) is 17.4 Å². The average molecular weight is 296 g/mol. The van der Waals surface area contributed by atoms with Crippen LogP contribution in [-0.4, -0.2) is 13.2 Å². The first-order chi connectivity index (χ1) is 9.16. The molecule has 0 aliphatic rings. The van der Waals surface area contributed by atoms with E-state index in [4.69, 9.17) is 27.9 Å². The summed E-state index contributed by atoms with van der Waals surface area (Å²) in [7, 11) is 0. The SMILES string of the molecule is Cc1cccc(NCCOc2cccc(Cl)c2Cl)c1. The lowest BCUT2D eigenvalue weighted by atomic mass is 10.2. The number of anilines is 1. The van der Waals surface area contributed by atoms with Gasteiger partial charge in [-0.2, -0.15) is 0 Å². The lowest BCUT2D eigenvalue weighted by Crippen LogP contribution is -2.11. The van der Waals surface area contributed by atoms with E-state index in [1.54, 1.807) is 12.1 Å². The maximum atomic E-state index is 6.03. The Morgan fingerprint density at radius 3 is 2.68 bits per heavy atom. The first-order valence-electron chi connectivity index (χ1n) is 6.04. The molecule has 0 aliphatic carbocycles. The minimum Gasteiger partial charge on any atom is -0.490 e. The van der Waals surface area contributed by atoms with Crippen molar-refractivity contribution in [3.8, 4) is 5.75 Å². The van der Waals surface area contributed by atoms with Crippen molar-refractivity contribution in [2.45, 2.75) is 6.92 Å². The molecule has 0 amide bonds. The van der Waals surface area contributed by atoms with Crippen molar-refractivity contribution in [2.75, 3.05) is 18.5 Å². The van der Waals surface area contributed by atoms with Crippen LogP contribution in [0.25, 0.3) is 0 Å². The lowest BCUT2D eigenvalue weighted by Gasteiger charge is -2.10. The second kappa shape index (κ2) is 6.69. The minimum absolute atomic E-state index is 0.458. The Morgan fingerprint density at radius 2 is 1.89 bits per heavy atom. The van der Waals surface area contributed by atoms with Gasteiger partial charge >= 0.3 is 0 Å². The zero-order chi connectivity index (χ0) is 13.7. The van der Waals surface area contributed by atoms with E-state index >= 15 is 0 Å². The molecule has 0 spiro atoms. The zero-order valence-corrected chi connectivity index (χ0v) is 12.1. The number of hydrogen-bond acceptors (Lipinski definition) is 2. The molecule has 0 fully saturated rings. The fraction of sp³-hybridized carbons (Fsp3) is 0.200. The quantitative estimate of drug-likeness (QED) is 0.801. The summed E-state index contributed by atoms with van der Waals surface area (Å²) >= 11 is 11.9. The number of aryl methyl sites for hydroxylation is 1. The highest BCUT2D eigenvalue weighted by atomic mass is 35.5. The number of nitrogens with one attached hydrogen (secondary N) is 1. The third-order valence-electron chi connectivity index (χ3n) is 2.62. The molecule has 2 rings (SSSR count). The molecule has 0 atom stereocenters. The smallest absolute Gasteiger partial charge is 0.139 e. The molecular weight excluding hydrogens is 281 g/mol. The number of rotatable bonds is 5. The summed E-state index contributed by atoms with van der Waals surface area (Å²) in [4.78, 5) is 0. The Labute approximate surface area is 123 Å². The van der Waals surface area contributed by atoms with E-state index in [2.05, 4.69) is 24.4 Å². The molecule has 0 heterocycles. The van der Waals surface area contributed by atoms with Gasteiger partial charge in [0.25, 0.3) is 0 Å². The van der Waals surface area contributed by atoms with E-state index in [0.29, 0.717) is 28.9 Å². The van der Waals surface area contributed by atoms with Gasteiger partial charge in [-0.25, -0.2) is 0 Å². The van der Waals surface area contributed by atoms with Gasteiger partial charge in [-0.1, -0.05) is 41.4 Å². The Bertz CT molecular complexity index is 558. The third kappa shape index (κ3) is 4.05. The number of ether oxygens (including phenoxy) is 1. The van der Waals surface area contributed by atoms with Crippen LogP contribution in [-0.2, 0) is 0 Å². The Morgan fingerprint density at radius 1 is 1.11 bits per heavy atom. The van der Waals surface area contributed by atoms with Crippen LogP contribution >= 0.6 is 23.2 Å². The standard InChI is InChI=1S/C15H15Cl2NO/c1-11-4-2-5-12(10-11)18-8-9-19-14-7-3-6-13(16)15(14)17/h2-7,10,18H,8-9H2,1H3. The van der Waals surface area contributed by atoms with E-state index in [1.807, 2.05) is 18.2 Å². The molecule has 2 aromatic carbocycles. The summed E-state index contributed by atoms with van der Waals surface area (Å²) in [6.07, 6.45) is 0. The predicted molar refractivity (Wildman–Crippen MR) is 81.6 cm³/mol. The fourth-order valence-electron chi connectivity index (χ4n) is 1.71. The summed E-state index contributed by atoms with van der Waals surface area (Å²) in [6, 6.07) is 13.6. The molecule has 0 unspecified atom stereocenters. The summed E-state index contributed by atoms with van der Waals surface area (Å²) in [5.74, 6) is 0.611. The molecule has 2 nitrogen and oxygen atoms in total. The highest BCUT2D eigenvalue weighted by Gasteiger charge is 2.04. The topological polar surface area (TPSA) is 21.3 Å². The van der Waals surface area contributed by atoms with E-state index in [-0.39, 0.29) is 0 Å². The van der Waals surface area contributed by atoms with Crippen molar-refractivity contribution in [3.63, 3.8) is 0 Å². The first kappa shape index (κ1) is 14.0. The fourth-order valence-corrected chi connectivity index (χ4v) is 2.05. The Balaban J connectivity index is 1.82. The van der Waals surface area contributed by atoms with Gasteiger partial charge in [0.15, 0.2) is 0 Å². The van der Waals surface area contributed by atoms with Crippen LogP contribution in [0.1, 0.15) is 5.56 Å². The minimum atomic E-state index is 0.458. The molecule has 0 saturated carbocycles. The van der Waals surface area contributed by atoms with Crippen molar-refractivity contribution in [1.82, 2.24) is 0 Å². The number of hydrogen-bond donors (Lipinski definition) is 1. The molecule has 100 valence electrons. The summed E-state index contributed by atoms with van der Waals surface area (Å²) in [5, 5.41) is 4.25. The second-order valence-electron chi connectivity index (χ2n) is 4.20. The highest BCUT2D eigenvalue weighted by molar-refractivity contribution is 6.42. The van der Waals surface area contributed by atoms with Gasteiger partial charge in [0, 0.05) is 12.2 Å². The monoisotopic (exact) mass is 295 g/mol. The van der Waals surface area contributed by atoms with Crippen molar-refractivity contribution >= 4 is 28.9 Å². The molecule has 2 aromatic rings. The normalized spacial score (nSPS) is 10.3. The van der Waals surface area contributed by atoms with E-state index < -0.39 is 0 Å². The van der Waals surface area contributed by atoms with Crippen LogP contribution < -0.4 is 10.1 Å². The molecule has 19 heavy (non-hydrogen) atoms. The van der Waals surface area contributed by atoms with Crippen LogP contribution in [0.15, 0.2) is 42.5 Å². The summed E-state index contributed by atoms with van der Waals surface area (Å²) in [5.41, 5.74) is 2.31. The Hall–Kier alpha value is -1.38. The maximum Gasteiger partial charge on any atom is 0.139 e. The van der Waals surface area contributed by atoms with Gasteiger partial charge in [0.05, 0.1) is 5.02 Å². The molecule has 0 aliphatic heterocycles. The van der Waals surface area contributed by atoms with E-state index in [9.17, 15) is 0 Å². The van der Waals surface area contributed by atoms with E-state index in [1.165, 1.54) is 5.56 Å². The predicted octanol–water partition coefficient (Wildman–Crippen LogP) is 4.79. The van der Waals surface area contributed by atoms with E-state index in [0.717, 1.165) is 5.69 Å². The van der Waals surface area contributed by atoms with Crippen LogP contribution in [0, 0.1) is 6.92 Å². The van der Waals surface area contributed by atoms with Crippen molar-refractivity contribution in [2.24, 2.45) is 0 Å². The molecule has 0 saturated heterocycles. The molecular formula is C15H15Cl2NO. The van der Waals surface area contributed by atoms with Crippen LogP contribution in [0.2, 0.25) is 10.0 Å².